The van der Waals surface area contributed by atoms with E-state index in [1.54, 1.807) is 11.8 Å². The third-order valence-electron chi connectivity index (χ3n) is 5.18. The normalized spacial score (nSPS) is 16.1. The van der Waals surface area contributed by atoms with Gasteiger partial charge in [0.05, 0.1) is 31.5 Å². The SMILES string of the molecule is COc1ccc([C@@H]2Cn3nnc(-c4nc(-c5ccc(C(F)(F)F)cc5)no4)c3CO2)cc1. The van der Waals surface area contributed by atoms with Crippen LogP contribution in [0.25, 0.3) is 23.0 Å². The van der Waals surface area contributed by atoms with Crippen molar-refractivity contribution in [3.8, 4) is 28.7 Å². The first kappa shape index (κ1) is 20.2. The minimum atomic E-state index is -4.41. The summed E-state index contributed by atoms with van der Waals surface area (Å²) in [5.74, 6) is 1.03. The molecular formula is C21H16F3N5O3. The van der Waals surface area contributed by atoms with E-state index in [1.165, 1.54) is 12.1 Å². The molecule has 0 fully saturated rings. The number of hydrogen-bond donors (Lipinski definition) is 0. The van der Waals surface area contributed by atoms with Gasteiger partial charge in [-0.1, -0.05) is 34.6 Å². The lowest BCUT2D eigenvalue weighted by Gasteiger charge is -2.24. The lowest BCUT2D eigenvalue weighted by molar-refractivity contribution is -0.137. The van der Waals surface area contributed by atoms with Crippen LogP contribution in [0.5, 0.6) is 5.75 Å². The lowest BCUT2D eigenvalue weighted by atomic mass is 10.1. The molecule has 11 heteroatoms. The fraction of sp³-hybridized carbons (Fsp3) is 0.238. The zero-order valence-electron chi connectivity index (χ0n) is 16.7. The van der Waals surface area contributed by atoms with E-state index in [9.17, 15) is 13.2 Å². The summed E-state index contributed by atoms with van der Waals surface area (Å²) in [5, 5.41) is 12.2. The van der Waals surface area contributed by atoms with Gasteiger partial charge in [0.25, 0.3) is 5.89 Å². The smallest absolute Gasteiger partial charge is 0.416 e. The molecule has 2 aromatic carbocycles. The Morgan fingerprint density at radius 3 is 2.50 bits per heavy atom. The summed E-state index contributed by atoms with van der Waals surface area (Å²) in [5.41, 5.74) is 1.68. The van der Waals surface area contributed by atoms with E-state index < -0.39 is 11.7 Å². The Kier molecular flexibility index (Phi) is 4.89. The summed E-state index contributed by atoms with van der Waals surface area (Å²) in [4.78, 5) is 4.27. The minimum absolute atomic E-state index is 0.118. The second-order valence-electron chi connectivity index (χ2n) is 7.14. The molecule has 164 valence electrons. The highest BCUT2D eigenvalue weighted by atomic mass is 19.4. The van der Waals surface area contributed by atoms with E-state index >= 15 is 0 Å². The zero-order chi connectivity index (χ0) is 22.3. The highest BCUT2D eigenvalue weighted by molar-refractivity contribution is 5.59. The summed E-state index contributed by atoms with van der Waals surface area (Å²) in [6, 6.07) is 12.1. The van der Waals surface area contributed by atoms with Crippen LogP contribution >= 0.6 is 0 Å². The fourth-order valence-corrected chi connectivity index (χ4v) is 3.44. The van der Waals surface area contributed by atoms with Gasteiger partial charge in [-0.25, -0.2) is 4.68 Å². The number of rotatable bonds is 4. The molecule has 0 saturated heterocycles. The predicted octanol–water partition coefficient (Wildman–Crippen LogP) is 4.29. The highest BCUT2D eigenvalue weighted by Crippen LogP contribution is 2.33. The third kappa shape index (κ3) is 3.71. The van der Waals surface area contributed by atoms with Crippen molar-refractivity contribution in [3.05, 3.63) is 65.4 Å². The van der Waals surface area contributed by atoms with Crippen LogP contribution in [0.4, 0.5) is 13.2 Å². The van der Waals surface area contributed by atoms with Gasteiger partial charge in [0.2, 0.25) is 5.82 Å². The molecule has 1 aliphatic rings. The number of fused-ring (bicyclic) bond motifs is 1. The molecule has 1 atom stereocenters. The van der Waals surface area contributed by atoms with E-state index in [1.807, 2.05) is 24.3 Å². The van der Waals surface area contributed by atoms with Crippen molar-refractivity contribution in [1.82, 2.24) is 25.1 Å². The fourth-order valence-electron chi connectivity index (χ4n) is 3.44. The molecule has 0 saturated carbocycles. The van der Waals surface area contributed by atoms with Crippen molar-refractivity contribution in [3.63, 3.8) is 0 Å². The number of alkyl halides is 3. The Hall–Kier alpha value is -3.73. The van der Waals surface area contributed by atoms with Crippen LogP contribution in [0, 0.1) is 0 Å². The highest BCUT2D eigenvalue weighted by Gasteiger charge is 2.31. The maximum Gasteiger partial charge on any atom is 0.416 e. The van der Waals surface area contributed by atoms with E-state index in [2.05, 4.69) is 20.5 Å². The second-order valence-corrected chi connectivity index (χ2v) is 7.14. The van der Waals surface area contributed by atoms with Crippen molar-refractivity contribution >= 4 is 0 Å². The summed E-state index contributed by atoms with van der Waals surface area (Å²) in [6.45, 7) is 0.686. The zero-order valence-corrected chi connectivity index (χ0v) is 16.7. The van der Waals surface area contributed by atoms with Crippen molar-refractivity contribution in [1.29, 1.82) is 0 Å². The molecule has 2 aromatic heterocycles. The Bertz CT molecular complexity index is 1230. The largest absolute Gasteiger partial charge is 0.497 e. The third-order valence-corrected chi connectivity index (χ3v) is 5.18. The summed E-state index contributed by atoms with van der Waals surface area (Å²) >= 11 is 0. The van der Waals surface area contributed by atoms with Crippen LogP contribution in [0.3, 0.4) is 0 Å². The lowest BCUT2D eigenvalue weighted by Crippen LogP contribution is -2.22. The molecule has 5 rings (SSSR count). The van der Waals surface area contributed by atoms with E-state index in [4.69, 9.17) is 14.0 Å². The average molecular weight is 443 g/mol. The first-order chi connectivity index (χ1) is 15.4. The summed E-state index contributed by atoms with van der Waals surface area (Å²) in [7, 11) is 1.61. The Labute approximate surface area is 179 Å². The maximum absolute atomic E-state index is 12.8. The van der Waals surface area contributed by atoms with Gasteiger partial charge in [-0.3, -0.25) is 0 Å². The Morgan fingerprint density at radius 2 is 1.81 bits per heavy atom. The maximum atomic E-state index is 12.8. The van der Waals surface area contributed by atoms with Crippen LogP contribution in [-0.2, 0) is 24.1 Å². The number of nitrogens with zero attached hydrogens (tertiary/aromatic N) is 5. The van der Waals surface area contributed by atoms with E-state index in [0.717, 1.165) is 23.4 Å². The van der Waals surface area contributed by atoms with Crippen LogP contribution in [0.1, 0.15) is 22.9 Å². The topological polar surface area (TPSA) is 88.1 Å². The first-order valence-corrected chi connectivity index (χ1v) is 9.62. The number of ether oxygens (including phenoxy) is 2. The van der Waals surface area contributed by atoms with Gasteiger partial charge in [0.1, 0.15) is 11.9 Å². The molecule has 8 nitrogen and oxygen atoms in total. The number of hydrogen-bond acceptors (Lipinski definition) is 7. The molecule has 3 heterocycles. The second kappa shape index (κ2) is 7.75. The molecule has 0 N–H and O–H groups in total. The number of methoxy groups -OCH3 is 1. The number of aromatic nitrogens is 5. The number of halogens is 3. The molecule has 0 unspecified atom stereocenters. The first-order valence-electron chi connectivity index (χ1n) is 9.62. The Balaban J connectivity index is 1.36. The van der Waals surface area contributed by atoms with Crippen molar-refractivity contribution < 1.29 is 27.2 Å². The van der Waals surface area contributed by atoms with Crippen molar-refractivity contribution in [2.24, 2.45) is 0 Å². The van der Waals surface area contributed by atoms with Gasteiger partial charge >= 0.3 is 6.18 Å². The molecule has 32 heavy (non-hydrogen) atoms. The summed E-state index contributed by atoms with van der Waals surface area (Å²) in [6.07, 6.45) is -4.61. The van der Waals surface area contributed by atoms with E-state index in [-0.39, 0.29) is 24.4 Å². The van der Waals surface area contributed by atoms with Gasteiger partial charge in [-0.2, -0.15) is 18.2 Å². The van der Waals surface area contributed by atoms with Crippen LogP contribution in [-0.4, -0.2) is 32.2 Å². The van der Waals surface area contributed by atoms with Gasteiger partial charge in [0, 0.05) is 5.56 Å². The van der Waals surface area contributed by atoms with Gasteiger partial charge in [0.15, 0.2) is 5.69 Å². The molecule has 0 aliphatic carbocycles. The van der Waals surface area contributed by atoms with Gasteiger partial charge < -0.3 is 14.0 Å². The van der Waals surface area contributed by atoms with Crippen LogP contribution < -0.4 is 4.74 Å². The predicted molar refractivity (Wildman–Crippen MR) is 104 cm³/mol. The molecule has 4 aromatic rings. The van der Waals surface area contributed by atoms with Crippen molar-refractivity contribution in [2.75, 3.05) is 7.11 Å². The molecule has 0 amide bonds. The Morgan fingerprint density at radius 1 is 1.06 bits per heavy atom. The standard InChI is InChI=1S/C21H16F3N5O3/c1-30-15-8-4-12(5-9-15)17-10-29-16(11-31-17)18(26-28-29)20-25-19(27-32-20)13-2-6-14(7-3-13)21(22,23)24/h2-9,17H,10-11H2,1H3/t17-/m0/s1. The van der Waals surface area contributed by atoms with Crippen LogP contribution in [0.2, 0.25) is 0 Å². The van der Waals surface area contributed by atoms with Gasteiger partial charge in [-0.15, -0.1) is 5.10 Å². The summed E-state index contributed by atoms with van der Waals surface area (Å²) < 4.78 is 56.4. The van der Waals surface area contributed by atoms with Crippen LogP contribution in [0.15, 0.2) is 53.1 Å². The van der Waals surface area contributed by atoms with Gasteiger partial charge in [-0.05, 0) is 29.8 Å². The average Bonchev–Trinajstić information content (AvgIpc) is 3.45. The molecule has 0 radical (unpaired) electrons. The monoisotopic (exact) mass is 443 g/mol. The molecule has 0 bridgehead atoms. The minimum Gasteiger partial charge on any atom is -0.497 e. The van der Waals surface area contributed by atoms with E-state index in [0.29, 0.717) is 23.5 Å². The molecule has 1 aliphatic heterocycles. The molecular weight excluding hydrogens is 427 g/mol. The quantitative estimate of drug-likeness (QED) is 0.465. The van der Waals surface area contributed by atoms with Crippen molar-refractivity contribution in [2.45, 2.75) is 25.4 Å². The number of benzene rings is 2. The molecule has 0 spiro atoms.